The number of hydrogen-bond acceptors (Lipinski definition) is 4. The molecule has 96 valence electrons. The average molecular weight is 249 g/mol. The largest absolute Gasteiger partial charge is 0.497 e. The average Bonchev–Trinajstić information content (AvgIpc) is 2.80. The lowest BCUT2D eigenvalue weighted by Gasteiger charge is -2.17. The second-order valence-electron chi connectivity index (χ2n) is 4.13. The molecule has 1 aromatic rings. The summed E-state index contributed by atoms with van der Waals surface area (Å²) >= 11 is 0. The molecule has 2 rings (SSSR count). The van der Waals surface area contributed by atoms with E-state index in [0.29, 0.717) is 12.3 Å². The van der Waals surface area contributed by atoms with Crippen LogP contribution in [0.4, 0.5) is 5.69 Å². The molecule has 0 unspecified atom stereocenters. The molecule has 1 heterocycles. The second-order valence-corrected chi connectivity index (χ2v) is 4.13. The summed E-state index contributed by atoms with van der Waals surface area (Å²) in [5.41, 5.74) is 0.741. The third-order valence-electron chi connectivity index (χ3n) is 3.02. The third kappa shape index (κ3) is 2.30. The molecule has 0 spiro atoms. The summed E-state index contributed by atoms with van der Waals surface area (Å²) in [6, 6.07) is 7.21. The van der Waals surface area contributed by atoms with E-state index >= 15 is 0 Å². The fourth-order valence-corrected chi connectivity index (χ4v) is 2.06. The van der Waals surface area contributed by atoms with Crippen LogP contribution >= 0.6 is 0 Å². The number of ether oxygens (including phenoxy) is 2. The molecular weight excluding hydrogens is 234 g/mol. The van der Waals surface area contributed by atoms with E-state index in [4.69, 9.17) is 4.74 Å². The van der Waals surface area contributed by atoms with Crippen LogP contribution in [0, 0.1) is 5.92 Å². The summed E-state index contributed by atoms with van der Waals surface area (Å²) in [5.74, 6) is -0.108. The summed E-state index contributed by atoms with van der Waals surface area (Å²) in [7, 11) is 2.91. The van der Waals surface area contributed by atoms with Gasteiger partial charge in [-0.15, -0.1) is 0 Å². The molecule has 1 atom stereocenters. The summed E-state index contributed by atoms with van der Waals surface area (Å²) < 4.78 is 9.78. The van der Waals surface area contributed by atoms with Gasteiger partial charge in [0.25, 0.3) is 0 Å². The highest BCUT2D eigenvalue weighted by molar-refractivity contribution is 5.99. The van der Waals surface area contributed by atoms with Crippen molar-refractivity contribution in [1.29, 1.82) is 0 Å². The Labute approximate surface area is 105 Å². The maximum absolute atomic E-state index is 11.9. The normalized spacial score (nSPS) is 18.9. The minimum atomic E-state index is -0.381. The Bertz CT molecular complexity index is 472. The monoisotopic (exact) mass is 249 g/mol. The first kappa shape index (κ1) is 12.4. The first-order valence-electron chi connectivity index (χ1n) is 5.68. The number of carbonyl (C=O) groups excluding carboxylic acids is 2. The number of amides is 1. The van der Waals surface area contributed by atoms with Crippen LogP contribution in [0.3, 0.4) is 0 Å². The molecule has 1 fully saturated rings. The maximum atomic E-state index is 11.9. The van der Waals surface area contributed by atoms with Crippen molar-refractivity contribution < 1.29 is 19.1 Å². The number of carbonyl (C=O) groups is 2. The summed E-state index contributed by atoms with van der Waals surface area (Å²) in [6.45, 7) is 0.360. The van der Waals surface area contributed by atoms with Crippen molar-refractivity contribution in [3.05, 3.63) is 24.3 Å². The van der Waals surface area contributed by atoms with Gasteiger partial charge in [-0.05, 0) is 12.1 Å². The van der Waals surface area contributed by atoms with Gasteiger partial charge in [-0.2, -0.15) is 0 Å². The lowest BCUT2D eigenvalue weighted by Crippen LogP contribution is -2.26. The zero-order valence-corrected chi connectivity index (χ0v) is 10.4. The van der Waals surface area contributed by atoms with Gasteiger partial charge in [0, 0.05) is 24.7 Å². The van der Waals surface area contributed by atoms with Gasteiger partial charge < -0.3 is 14.4 Å². The topological polar surface area (TPSA) is 55.8 Å². The first-order valence-corrected chi connectivity index (χ1v) is 5.68. The Morgan fingerprint density at radius 2 is 2.17 bits per heavy atom. The van der Waals surface area contributed by atoms with Gasteiger partial charge in [0.2, 0.25) is 5.91 Å². The predicted molar refractivity (Wildman–Crippen MR) is 65.5 cm³/mol. The lowest BCUT2D eigenvalue weighted by atomic mass is 10.1. The number of nitrogens with zero attached hydrogens (tertiary/aromatic N) is 1. The lowest BCUT2D eigenvalue weighted by molar-refractivity contribution is -0.145. The van der Waals surface area contributed by atoms with Crippen molar-refractivity contribution in [2.75, 3.05) is 25.7 Å². The van der Waals surface area contributed by atoms with E-state index in [2.05, 4.69) is 4.74 Å². The van der Waals surface area contributed by atoms with E-state index in [0.717, 1.165) is 5.69 Å². The zero-order chi connectivity index (χ0) is 13.1. The van der Waals surface area contributed by atoms with Crippen molar-refractivity contribution in [3.8, 4) is 5.75 Å². The molecule has 0 bridgehead atoms. The van der Waals surface area contributed by atoms with Gasteiger partial charge in [-0.25, -0.2) is 0 Å². The number of methoxy groups -OCH3 is 2. The molecular formula is C13H15NO4. The van der Waals surface area contributed by atoms with Crippen LogP contribution in [-0.2, 0) is 14.3 Å². The molecule has 0 aliphatic carbocycles. The van der Waals surface area contributed by atoms with Crippen LogP contribution in [-0.4, -0.2) is 32.6 Å². The first-order chi connectivity index (χ1) is 8.65. The number of esters is 1. The number of rotatable bonds is 3. The van der Waals surface area contributed by atoms with E-state index < -0.39 is 0 Å². The Morgan fingerprint density at radius 1 is 1.39 bits per heavy atom. The van der Waals surface area contributed by atoms with Crippen molar-refractivity contribution in [2.45, 2.75) is 6.42 Å². The second kappa shape index (κ2) is 5.08. The molecule has 0 aromatic heterocycles. The Kier molecular flexibility index (Phi) is 3.50. The van der Waals surface area contributed by atoms with Gasteiger partial charge >= 0.3 is 5.97 Å². The summed E-state index contributed by atoms with van der Waals surface area (Å²) in [5, 5.41) is 0. The molecule has 1 amide bonds. The van der Waals surface area contributed by atoms with E-state index in [1.54, 1.807) is 18.1 Å². The molecule has 1 aliphatic rings. The molecule has 1 aliphatic heterocycles. The quantitative estimate of drug-likeness (QED) is 0.756. The summed E-state index contributed by atoms with van der Waals surface area (Å²) in [6.07, 6.45) is 0.198. The Balaban J connectivity index is 2.18. The minimum Gasteiger partial charge on any atom is -0.497 e. The highest BCUT2D eigenvalue weighted by atomic mass is 16.5. The van der Waals surface area contributed by atoms with Gasteiger partial charge in [-0.1, -0.05) is 6.07 Å². The number of anilines is 1. The van der Waals surface area contributed by atoms with Crippen molar-refractivity contribution in [1.82, 2.24) is 0 Å². The zero-order valence-electron chi connectivity index (χ0n) is 10.4. The molecule has 0 radical (unpaired) electrons. The molecule has 1 saturated heterocycles. The van der Waals surface area contributed by atoms with Crippen molar-refractivity contribution in [2.24, 2.45) is 5.92 Å². The SMILES string of the molecule is COC(=O)[C@@H]1CC(=O)N(c2cccc(OC)c2)C1. The minimum absolute atomic E-state index is 0.0707. The smallest absolute Gasteiger partial charge is 0.311 e. The van der Waals surface area contributed by atoms with Crippen LogP contribution in [0.1, 0.15) is 6.42 Å². The van der Waals surface area contributed by atoms with Gasteiger partial charge in [-0.3, -0.25) is 9.59 Å². The molecule has 0 N–H and O–H groups in total. The molecule has 0 saturated carbocycles. The maximum Gasteiger partial charge on any atom is 0.311 e. The van der Waals surface area contributed by atoms with E-state index in [9.17, 15) is 9.59 Å². The van der Waals surface area contributed by atoms with Gasteiger partial charge in [0.1, 0.15) is 5.75 Å². The van der Waals surface area contributed by atoms with Gasteiger partial charge in [0.15, 0.2) is 0 Å². The standard InChI is InChI=1S/C13H15NO4/c1-17-11-5-3-4-10(7-11)14-8-9(6-12(14)15)13(16)18-2/h3-5,7,9H,6,8H2,1-2H3/t9-/m1/s1. The third-order valence-corrected chi connectivity index (χ3v) is 3.02. The predicted octanol–water partition coefficient (Wildman–Crippen LogP) is 1.22. The van der Waals surface area contributed by atoms with Crippen LogP contribution in [0.5, 0.6) is 5.75 Å². The Hall–Kier alpha value is -2.04. The molecule has 1 aromatic carbocycles. The van der Waals surface area contributed by atoms with E-state index in [1.807, 2.05) is 18.2 Å². The molecule has 18 heavy (non-hydrogen) atoms. The van der Waals surface area contributed by atoms with E-state index in [-0.39, 0.29) is 24.2 Å². The molecule has 5 nitrogen and oxygen atoms in total. The fourth-order valence-electron chi connectivity index (χ4n) is 2.06. The van der Waals surface area contributed by atoms with Crippen molar-refractivity contribution >= 4 is 17.6 Å². The van der Waals surface area contributed by atoms with Crippen LogP contribution < -0.4 is 9.64 Å². The van der Waals surface area contributed by atoms with Crippen molar-refractivity contribution in [3.63, 3.8) is 0 Å². The van der Waals surface area contributed by atoms with E-state index in [1.165, 1.54) is 7.11 Å². The summed E-state index contributed by atoms with van der Waals surface area (Å²) in [4.78, 5) is 24.9. The van der Waals surface area contributed by atoms with Crippen LogP contribution in [0.2, 0.25) is 0 Å². The van der Waals surface area contributed by atoms with Crippen LogP contribution in [0.25, 0.3) is 0 Å². The Morgan fingerprint density at radius 3 is 2.83 bits per heavy atom. The number of hydrogen-bond donors (Lipinski definition) is 0. The fraction of sp³-hybridized carbons (Fsp3) is 0.385. The highest BCUT2D eigenvalue weighted by Gasteiger charge is 2.35. The molecule has 5 heteroatoms. The van der Waals surface area contributed by atoms with Crippen LogP contribution in [0.15, 0.2) is 24.3 Å². The highest BCUT2D eigenvalue weighted by Crippen LogP contribution is 2.28. The van der Waals surface area contributed by atoms with Gasteiger partial charge in [0.05, 0.1) is 20.1 Å². The number of benzene rings is 1.